The van der Waals surface area contributed by atoms with Crippen molar-refractivity contribution in [1.82, 2.24) is 0 Å². The van der Waals surface area contributed by atoms with Crippen molar-refractivity contribution >= 4 is 60.9 Å². The molecule has 2 heterocycles. The zero-order valence-corrected chi connectivity index (χ0v) is 34.3. The summed E-state index contributed by atoms with van der Waals surface area (Å²) in [6.45, 7) is 0. The number of furan rings is 2. The SMILES string of the molecule is c1ccc(-c2ccc(N(c3ccc4oc5cc(-c6ccccc6)ccc5c4c3)c3ccc(-c4ccccc4)c4oc5cc(-c6ccccc6)ccc5c34)c(-c3ccccc3)c2)cc1. The van der Waals surface area contributed by atoms with E-state index in [1.807, 2.05) is 6.07 Å². The molecule has 296 valence electrons. The average molecular weight is 806 g/mol. The van der Waals surface area contributed by atoms with Crippen molar-refractivity contribution in [3.05, 3.63) is 237 Å². The molecular formula is C60H39NO2. The summed E-state index contributed by atoms with van der Waals surface area (Å²) < 4.78 is 13.7. The number of fused-ring (bicyclic) bond motifs is 6. The van der Waals surface area contributed by atoms with Crippen molar-refractivity contribution < 1.29 is 8.83 Å². The smallest absolute Gasteiger partial charge is 0.145 e. The fourth-order valence-electron chi connectivity index (χ4n) is 9.22. The normalized spacial score (nSPS) is 11.5. The molecule has 12 rings (SSSR count). The topological polar surface area (TPSA) is 29.5 Å². The number of benzene rings is 10. The summed E-state index contributed by atoms with van der Waals surface area (Å²) in [6.07, 6.45) is 0. The van der Waals surface area contributed by atoms with Crippen molar-refractivity contribution in [1.29, 1.82) is 0 Å². The standard InChI is InChI=1S/C60H39NO2/c1-6-16-40(17-7-1)45-28-33-54(52(36-45)44-24-14-5-15-25-44)61(48-29-35-56-53(39-48)50-30-26-46(37-57(50)62-56)41-18-8-2-9-19-41)55-34-32-49(43-22-12-4-13-23-43)60-59(55)51-31-27-47(38-58(51)63-60)42-20-10-3-11-21-42/h1-39H. The van der Waals surface area contributed by atoms with Gasteiger partial charge >= 0.3 is 0 Å². The van der Waals surface area contributed by atoms with E-state index in [9.17, 15) is 0 Å². The van der Waals surface area contributed by atoms with Gasteiger partial charge in [0.25, 0.3) is 0 Å². The van der Waals surface area contributed by atoms with Crippen molar-refractivity contribution in [3.8, 4) is 55.6 Å². The fraction of sp³-hybridized carbons (Fsp3) is 0. The van der Waals surface area contributed by atoms with E-state index in [0.717, 1.165) is 111 Å². The molecule has 0 fully saturated rings. The van der Waals surface area contributed by atoms with Crippen LogP contribution < -0.4 is 4.90 Å². The van der Waals surface area contributed by atoms with Gasteiger partial charge in [-0.3, -0.25) is 0 Å². The molecule has 0 unspecified atom stereocenters. The first kappa shape index (κ1) is 36.5. The van der Waals surface area contributed by atoms with Gasteiger partial charge in [0.05, 0.1) is 16.8 Å². The molecule has 3 heteroatoms. The molecule has 0 saturated carbocycles. The lowest BCUT2D eigenvalue weighted by molar-refractivity contribution is 0.669. The molecule has 0 radical (unpaired) electrons. The van der Waals surface area contributed by atoms with Crippen LogP contribution in [0.3, 0.4) is 0 Å². The quantitative estimate of drug-likeness (QED) is 0.153. The lowest BCUT2D eigenvalue weighted by Gasteiger charge is -2.29. The van der Waals surface area contributed by atoms with Crippen LogP contribution in [0.25, 0.3) is 99.5 Å². The molecule has 0 spiro atoms. The summed E-state index contributed by atoms with van der Waals surface area (Å²) in [7, 11) is 0. The molecule has 63 heavy (non-hydrogen) atoms. The summed E-state index contributed by atoms with van der Waals surface area (Å²) in [6, 6.07) is 84.0. The zero-order chi connectivity index (χ0) is 41.7. The third-order valence-electron chi connectivity index (χ3n) is 12.3. The van der Waals surface area contributed by atoms with E-state index in [0.29, 0.717) is 0 Å². The lowest BCUT2D eigenvalue weighted by Crippen LogP contribution is -2.12. The molecule has 0 aliphatic heterocycles. The van der Waals surface area contributed by atoms with Crippen molar-refractivity contribution in [2.45, 2.75) is 0 Å². The predicted octanol–water partition coefficient (Wildman–Crippen LogP) is 17.3. The summed E-state index contributed by atoms with van der Waals surface area (Å²) >= 11 is 0. The molecule has 0 aliphatic rings. The van der Waals surface area contributed by atoms with Crippen LogP contribution in [0, 0.1) is 0 Å². The monoisotopic (exact) mass is 805 g/mol. The third kappa shape index (κ3) is 6.46. The van der Waals surface area contributed by atoms with Crippen molar-refractivity contribution in [2.75, 3.05) is 4.90 Å². The van der Waals surface area contributed by atoms with Crippen LogP contribution in [0.5, 0.6) is 0 Å². The minimum atomic E-state index is 0.837. The van der Waals surface area contributed by atoms with Crippen LogP contribution in [-0.2, 0) is 0 Å². The highest BCUT2D eigenvalue weighted by molar-refractivity contribution is 6.18. The molecular weight excluding hydrogens is 767 g/mol. The van der Waals surface area contributed by atoms with Crippen LogP contribution in [0.2, 0.25) is 0 Å². The Hall–Kier alpha value is -8.40. The van der Waals surface area contributed by atoms with Gasteiger partial charge in [-0.25, -0.2) is 0 Å². The van der Waals surface area contributed by atoms with Gasteiger partial charge in [-0.1, -0.05) is 170 Å². The van der Waals surface area contributed by atoms with E-state index in [2.05, 4.69) is 235 Å². The molecule has 0 saturated heterocycles. The maximum Gasteiger partial charge on any atom is 0.145 e. The highest BCUT2D eigenvalue weighted by Gasteiger charge is 2.25. The largest absolute Gasteiger partial charge is 0.456 e. The Morgan fingerprint density at radius 2 is 0.746 bits per heavy atom. The Bertz CT molecular complexity index is 3590. The van der Waals surface area contributed by atoms with Crippen molar-refractivity contribution in [2.24, 2.45) is 0 Å². The van der Waals surface area contributed by atoms with Gasteiger partial charge in [-0.2, -0.15) is 0 Å². The van der Waals surface area contributed by atoms with E-state index < -0.39 is 0 Å². The van der Waals surface area contributed by atoms with E-state index >= 15 is 0 Å². The second-order valence-corrected chi connectivity index (χ2v) is 16.0. The first-order valence-electron chi connectivity index (χ1n) is 21.4. The summed E-state index contributed by atoms with van der Waals surface area (Å²) in [5.74, 6) is 0. The molecule has 0 aliphatic carbocycles. The second-order valence-electron chi connectivity index (χ2n) is 16.0. The first-order chi connectivity index (χ1) is 31.2. The fourth-order valence-corrected chi connectivity index (χ4v) is 9.22. The Morgan fingerprint density at radius 1 is 0.270 bits per heavy atom. The minimum absolute atomic E-state index is 0.837. The van der Waals surface area contributed by atoms with Crippen LogP contribution in [-0.4, -0.2) is 0 Å². The Balaban J connectivity index is 1.14. The first-order valence-corrected chi connectivity index (χ1v) is 21.4. The van der Waals surface area contributed by atoms with Crippen LogP contribution in [0.4, 0.5) is 17.1 Å². The summed E-state index contributed by atoms with van der Waals surface area (Å²) in [5, 5.41) is 4.21. The second kappa shape index (κ2) is 15.3. The maximum absolute atomic E-state index is 7.08. The van der Waals surface area contributed by atoms with Gasteiger partial charge in [-0.05, 0) is 111 Å². The predicted molar refractivity (Wildman–Crippen MR) is 263 cm³/mol. The van der Waals surface area contributed by atoms with E-state index in [-0.39, 0.29) is 0 Å². The van der Waals surface area contributed by atoms with Crippen LogP contribution in [0.1, 0.15) is 0 Å². The summed E-state index contributed by atoms with van der Waals surface area (Å²) in [5.41, 5.74) is 17.7. The van der Waals surface area contributed by atoms with Gasteiger partial charge in [0, 0.05) is 33.0 Å². The Labute approximate surface area is 365 Å². The molecule has 0 atom stereocenters. The lowest BCUT2D eigenvalue weighted by atomic mass is 9.95. The summed E-state index contributed by atoms with van der Waals surface area (Å²) in [4.78, 5) is 2.42. The van der Waals surface area contributed by atoms with Crippen molar-refractivity contribution in [3.63, 3.8) is 0 Å². The average Bonchev–Trinajstić information content (AvgIpc) is 3.93. The van der Waals surface area contributed by atoms with E-state index in [1.54, 1.807) is 0 Å². The van der Waals surface area contributed by atoms with Gasteiger partial charge in [0.2, 0.25) is 0 Å². The van der Waals surface area contributed by atoms with Gasteiger partial charge in [-0.15, -0.1) is 0 Å². The van der Waals surface area contributed by atoms with E-state index in [4.69, 9.17) is 8.83 Å². The number of hydrogen-bond donors (Lipinski definition) is 0. The number of anilines is 3. The molecule has 3 nitrogen and oxygen atoms in total. The molecule has 10 aromatic carbocycles. The third-order valence-corrected chi connectivity index (χ3v) is 12.3. The number of nitrogens with zero attached hydrogens (tertiary/aromatic N) is 1. The highest BCUT2D eigenvalue weighted by atomic mass is 16.3. The Morgan fingerprint density at radius 3 is 1.33 bits per heavy atom. The highest BCUT2D eigenvalue weighted by Crippen LogP contribution is 2.50. The Kier molecular flexibility index (Phi) is 8.83. The van der Waals surface area contributed by atoms with Gasteiger partial charge < -0.3 is 13.7 Å². The molecule has 12 aromatic rings. The molecule has 0 N–H and O–H groups in total. The van der Waals surface area contributed by atoms with Gasteiger partial charge in [0.15, 0.2) is 0 Å². The number of rotatable bonds is 8. The molecule has 0 amide bonds. The van der Waals surface area contributed by atoms with Gasteiger partial charge in [0.1, 0.15) is 22.3 Å². The van der Waals surface area contributed by atoms with Crippen LogP contribution >= 0.6 is 0 Å². The van der Waals surface area contributed by atoms with Crippen LogP contribution in [0.15, 0.2) is 245 Å². The number of hydrogen-bond acceptors (Lipinski definition) is 3. The molecule has 0 bridgehead atoms. The van der Waals surface area contributed by atoms with E-state index in [1.165, 1.54) is 5.56 Å². The molecule has 2 aromatic heterocycles. The zero-order valence-electron chi connectivity index (χ0n) is 34.3. The minimum Gasteiger partial charge on any atom is -0.456 e. The maximum atomic E-state index is 7.08.